The first-order chi connectivity index (χ1) is 8.81. The van der Waals surface area contributed by atoms with Gasteiger partial charge in [0.05, 0.1) is 13.2 Å². The molecule has 3 nitrogen and oxygen atoms in total. The SMILES string of the molecule is COc1ccc(CNCC(O)CC(C)(C)C)c(F)c1. The van der Waals surface area contributed by atoms with E-state index in [1.165, 1.54) is 13.2 Å². The average molecular weight is 269 g/mol. The molecule has 0 heterocycles. The standard InChI is InChI=1S/C15H24FNO2/c1-15(2,3)8-12(18)10-17-9-11-5-6-13(19-4)7-14(11)16/h5-7,12,17-18H,8-10H2,1-4H3. The maximum Gasteiger partial charge on any atom is 0.131 e. The van der Waals surface area contributed by atoms with Gasteiger partial charge in [-0.2, -0.15) is 0 Å². The summed E-state index contributed by atoms with van der Waals surface area (Å²) in [5, 5.41) is 12.9. The summed E-state index contributed by atoms with van der Waals surface area (Å²) in [5.74, 6) is 0.214. The summed E-state index contributed by atoms with van der Waals surface area (Å²) in [6, 6.07) is 4.78. The van der Waals surface area contributed by atoms with Crippen LogP contribution in [0.15, 0.2) is 18.2 Å². The lowest BCUT2D eigenvalue weighted by molar-refractivity contribution is 0.119. The predicted molar refractivity (Wildman–Crippen MR) is 74.7 cm³/mol. The first kappa shape index (κ1) is 15.9. The monoisotopic (exact) mass is 269 g/mol. The van der Waals surface area contributed by atoms with Gasteiger partial charge < -0.3 is 15.2 Å². The van der Waals surface area contributed by atoms with Crippen LogP contribution in [0.1, 0.15) is 32.8 Å². The van der Waals surface area contributed by atoms with E-state index < -0.39 is 6.10 Å². The number of methoxy groups -OCH3 is 1. The van der Waals surface area contributed by atoms with E-state index in [1.54, 1.807) is 12.1 Å². The van der Waals surface area contributed by atoms with E-state index in [0.717, 1.165) is 0 Å². The fourth-order valence-corrected chi connectivity index (χ4v) is 1.95. The minimum atomic E-state index is -0.415. The van der Waals surface area contributed by atoms with Gasteiger partial charge in [-0.1, -0.05) is 26.8 Å². The third-order valence-corrected chi connectivity index (χ3v) is 2.80. The Labute approximate surface area is 114 Å². The Balaban J connectivity index is 2.41. The molecule has 1 atom stereocenters. The smallest absolute Gasteiger partial charge is 0.131 e. The summed E-state index contributed by atoms with van der Waals surface area (Å²) >= 11 is 0. The van der Waals surface area contributed by atoms with E-state index in [-0.39, 0.29) is 11.2 Å². The summed E-state index contributed by atoms with van der Waals surface area (Å²) in [5.41, 5.74) is 0.663. The molecule has 0 spiro atoms. The molecule has 0 saturated carbocycles. The minimum absolute atomic E-state index is 0.0897. The van der Waals surface area contributed by atoms with Crippen LogP contribution < -0.4 is 10.1 Å². The molecule has 2 N–H and O–H groups in total. The summed E-state index contributed by atoms with van der Waals surface area (Å²) < 4.78 is 18.6. The van der Waals surface area contributed by atoms with Crippen LogP contribution in [0.2, 0.25) is 0 Å². The van der Waals surface area contributed by atoms with Crippen molar-refractivity contribution in [1.29, 1.82) is 0 Å². The highest BCUT2D eigenvalue weighted by Crippen LogP contribution is 2.20. The number of hydrogen-bond donors (Lipinski definition) is 2. The van der Waals surface area contributed by atoms with Crippen molar-refractivity contribution in [3.05, 3.63) is 29.6 Å². The molecule has 0 aliphatic carbocycles. The Kier molecular flexibility index (Phi) is 5.76. The second kappa shape index (κ2) is 6.87. The fourth-order valence-electron chi connectivity index (χ4n) is 1.95. The van der Waals surface area contributed by atoms with Crippen molar-refractivity contribution in [3.63, 3.8) is 0 Å². The van der Waals surface area contributed by atoms with Crippen LogP contribution in [-0.2, 0) is 6.54 Å². The third-order valence-electron chi connectivity index (χ3n) is 2.80. The highest BCUT2D eigenvalue weighted by Gasteiger charge is 2.16. The number of nitrogens with one attached hydrogen (secondary N) is 1. The van der Waals surface area contributed by atoms with Gasteiger partial charge in [-0.15, -0.1) is 0 Å². The van der Waals surface area contributed by atoms with Gasteiger partial charge in [0, 0.05) is 24.7 Å². The molecule has 0 aromatic heterocycles. The van der Waals surface area contributed by atoms with E-state index in [1.807, 2.05) is 0 Å². The minimum Gasteiger partial charge on any atom is -0.497 e. The van der Waals surface area contributed by atoms with Crippen LogP contribution in [0, 0.1) is 11.2 Å². The molecule has 4 heteroatoms. The highest BCUT2D eigenvalue weighted by atomic mass is 19.1. The molecule has 0 fully saturated rings. The molecular formula is C15H24FNO2. The largest absolute Gasteiger partial charge is 0.497 e. The second-order valence-corrected chi connectivity index (χ2v) is 6.01. The topological polar surface area (TPSA) is 41.5 Å². The van der Waals surface area contributed by atoms with Crippen molar-refractivity contribution in [2.75, 3.05) is 13.7 Å². The maximum absolute atomic E-state index is 13.7. The second-order valence-electron chi connectivity index (χ2n) is 6.01. The van der Waals surface area contributed by atoms with E-state index in [0.29, 0.717) is 30.8 Å². The summed E-state index contributed by atoms with van der Waals surface area (Å²) in [7, 11) is 1.51. The quantitative estimate of drug-likeness (QED) is 0.834. The molecular weight excluding hydrogens is 245 g/mol. The summed E-state index contributed by atoms with van der Waals surface area (Å²) in [4.78, 5) is 0. The number of benzene rings is 1. The molecule has 0 aliphatic rings. The Morgan fingerprint density at radius 3 is 2.58 bits per heavy atom. The van der Waals surface area contributed by atoms with Gasteiger partial charge in [0.15, 0.2) is 0 Å². The summed E-state index contributed by atoms with van der Waals surface area (Å²) in [6.07, 6.45) is 0.298. The molecule has 0 saturated heterocycles. The maximum atomic E-state index is 13.7. The van der Waals surface area contributed by atoms with Crippen LogP contribution in [0.5, 0.6) is 5.75 Å². The summed E-state index contributed by atoms with van der Waals surface area (Å²) in [6.45, 7) is 7.11. The molecule has 1 aromatic rings. The van der Waals surface area contributed by atoms with Crippen molar-refractivity contribution < 1.29 is 14.2 Å². The number of aliphatic hydroxyl groups excluding tert-OH is 1. The Morgan fingerprint density at radius 2 is 2.05 bits per heavy atom. The van der Waals surface area contributed by atoms with Gasteiger partial charge in [-0.05, 0) is 17.9 Å². The lowest BCUT2D eigenvalue weighted by Gasteiger charge is -2.22. The number of halogens is 1. The van der Waals surface area contributed by atoms with E-state index >= 15 is 0 Å². The van der Waals surface area contributed by atoms with Crippen LogP contribution in [0.25, 0.3) is 0 Å². The molecule has 0 bridgehead atoms. The van der Waals surface area contributed by atoms with E-state index in [9.17, 15) is 9.50 Å². The average Bonchev–Trinajstić information content (AvgIpc) is 2.28. The lowest BCUT2D eigenvalue weighted by atomic mass is 9.89. The van der Waals surface area contributed by atoms with Gasteiger partial charge in [0.2, 0.25) is 0 Å². The predicted octanol–water partition coefficient (Wildman–Crippen LogP) is 2.72. The van der Waals surface area contributed by atoms with Gasteiger partial charge in [0.25, 0.3) is 0 Å². The van der Waals surface area contributed by atoms with Gasteiger partial charge >= 0.3 is 0 Å². The Bertz CT molecular complexity index is 402. The van der Waals surface area contributed by atoms with Gasteiger partial charge in [0.1, 0.15) is 11.6 Å². The Hall–Kier alpha value is -1.13. The third kappa shape index (κ3) is 6.03. The fraction of sp³-hybridized carbons (Fsp3) is 0.600. The van der Waals surface area contributed by atoms with E-state index in [2.05, 4.69) is 26.1 Å². The number of rotatable bonds is 6. The molecule has 0 radical (unpaired) electrons. The zero-order valence-corrected chi connectivity index (χ0v) is 12.2. The van der Waals surface area contributed by atoms with Crippen molar-refractivity contribution in [3.8, 4) is 5.75 Å². The van der Waals surface area contributed by atoms with Crippen molar-refractivity contribution in [2.45, 2.75) is 39.8 Å². The molecule has 108 valence electrons. The van der Waals surface area contributed by atoms with Crippen LogP contribution in [0.4, 0.5) is 4.39 Å². The van der Waals surface area contributed by atoms with Gasteiger partial charge in [-0.25, -0.2) is 4.39 Å². The van der Waals surface area contributed by atoms with Crippen molar-refractivity contribution in [2.24, 2.45) is 5.41 Å². The van der Waals surface area contributed by atoms with Gasteiger partial charge in [-0.3, -0.25) is 0 Å². The first-order valence-electron chi connectivity index (χ1n) is 6.53. The van der Waals surface area contributed by atoms with Crippen LogP contribution in [-0.4, -0.2) is 24.9 Å². The normalized spacial score (nSPS) is 13.4. The highest BCUT2D eigenvalue weighted by molar-refractivity contribution is 5.28. The van der Waals surface area contributed by atoms with Crippen molar-refractivity contribution >= 4 is 0 Å². The number of hydrogen-bond acceptors (Lipinski definition) is 3. The molecule has 19 heavy (non-hydrogen) atoms. The zero-order chi connectivity index (χ0) is 14.5. The molecule has 1 rings (SSSR count). The first-order valence-corrected chi connectivity index (χ1v) is 6.53. The van der Waals surface area contributed by atoms with Crippen LogP contribution >= 0.6 is 0 Å². The lowest BCUT2D eigenvalue weighted by Crippen LogP contribution is -2.30. The van der Waals surface area contributed by atoms with Crippen LogP contribution in [0.3, 0.4) is 0 Å². The number of ether oxygens (including phenoxy) is 1. The van der Waals surface area contributed by atoms with Crippen molar-refractivity contribution in [1.82, 2.24) is 5.32 Å². The van der Waals surface area contributed by atoms with E-state index in [4.69, 9.17) is 4.74 Å². The molecule has 1 aromatic carbocycles. The zero-order valence-electron chi connectivity index (χ0n) is 12.2. The number of aliphatic hydroxyl groups is 1. The Morgan fingerprint density at radius 1 is 1.37 bits per heavy atom. The molecule has 0 amide bonds. The molecule has 0 aliphatic heterocycles. The molecule has 1 unspecified atom stereocenters.